The number of sulfonamides is 1. The van der Waals surface area contributed by atoms with E-state index in [0.29, 0.717) is 32.7 Å². The monoisotopic (exact) mass is 542 g/mol. The van der Waals surface area contributed by atoms with Crippen molar-refractivity contribution in [3.05, 3.63) is 94.5 Å². The minimum Gasteiger partial charge on any atom is -0.322 e. The van der Waals surface area contributed by atoms with Crippen LogP contribution in [0.1, 0.15) is 22.8 Å². The highest BCUT2D eigenvalue weighted by molar-refractivity contribution is 9.10. The van der Waals surface area contributed by atoms with E-state index in [4.69, 9.17) is 0 Å². The van der Waals surface area contributed by atoms with Crippen LogP contribution in [0.4, 0.5) is 11.4 Å². The molecule has 3 aromatic carbocycles. The first kappa shape index (κ1) is 25.1. The molecule has 0 atom stereocenters. The number of nitrogens with zero attached hydrogens (tertiary/aromatic N) is 2. The predicted octanol–water partition coefficient (Wildman–Crippen LogP) is 4.01. The summed E-state index contributed by atoms with van der Waals surface area (Å²) < 4.78 is 26.1. The van der Waals surface area contributed by atoms with Gasteiger partial charge in [-0.25, -0.2) is 13.8 Å². The Morgan fingerprint density at radius 2 is 1.59 bits per heavy atom. The molecule has 0 bridgehead atoms. The Kier molecular flexibility index (Phi) is 8.19. The number of hydrogen-bond donors (Lipinski definition) is 2. The van der Waals surface area contributed by atoms with Gasteiger partial charge in [-0.2, -0.15) is 5.10 Å². The molecule has 3 rings (SSSR count). The SMILES string of the molecule is C/C(=N\NC(=O)CN(c1ccccc1Br)S(C)(=O)=O)c1cccc(NC(=O)c2ccccc2)c1. The lowest BCUT2D eigenvalue weighted by atomic mass is 10.1. The van der Waals surface area contributed by atoms with Gasteiger partial charge < -0.3 is 5.32 Å². The second kappa shape index (κ2) is 11.1. The van der Waals surface area contributed by atoms with Crippen LogP contribution in [0.5, 0.6) is 0 Å². The lowest BCUT2D eigenvalue weighted by molar-refractivity contribution is -0.119. The van der Waals surface area contributed by atoms with Gasteiger partial charge in [0, 0.05) is 15.7 Å². The van der Waals surface area contributed by atoms with Crippen LogP contribution >= 0.6 is 15.9 Å². The molecule has 0 saturated heterocycles. The van der Waals surface area contributed by atoms with Crippen molar-refractivity contribution in [2.24, 2.45) is 5.10 Å². The Balaban J connectivity index is 1.69. The predicted molar refractivity (Wildman–Crippen MR) is 138 cm³/mol. The maximum Gasteiger partial charge on any atom is 0.260 e. The number of hydrazone groups is 1. The molecule has 2 N–H and O–H groups in total. The van der Waals surface area contributed by atoms with Crippen LogP contribution in [0.25, 0.3) is 0 Å². The zero-order chi connectivity index (χ0) is 24.7. The van der Waals surface area contributed by atoms with Crippen LogP contribution in [0.15, 0.2) is 88.4 Å². The summed E-state index contributed by atoms with van der Waals surface area (Å²) in [5, 5.41) is 6.92. The highest BCUT2D eigenvalue weighted by Gasteiger charge is 2.22. The molecule has 0 spiro atoms. The van der Waals surface area contributed by atoms with E-state index in [-0.39, 0.29) is 5.91 Å². The third-order valence-electron chi connectivity index (χ3n) is 4.73. The molecule has 0 radical (unpaired) electrons. The fourth-order valence-electron chi connectivity index (χ4n) is 3.03. The summed E-state index contributed by atoms with van der Waals surface area (Å²) >= 11 is 3.32. The van der Waals surface area contributed by atoms with Crippen molar-refractivity contribution in [1.82, 2.24) is 5.43 Å². The van der Waals surface area contributed by atoms with Gasteiger partial charge in [0.1, 0.15) is 6.54 Å². The Hall–Kier alpha value is -3.50. The number of nitrogens with one attached hydrogen (secondary N) is 2. The molecule has 3 aromatic rings. The molecule has 34 heavy (non-hydrogen) atoms. The molecule has 10 heteroatoms. The summed E-state index contributed by atoms with van der Waals surface area (Å²) in [6.07, 6.45) is 1.03. The van der Waals surface area contributed by atoms with Crippen LogP contribution < -0.4 is 15.0 Å². The lowest BCUT2D eigenvalue weighted by Crippen LogP contribution is -2.39. The number of halogens is 1. The van der Waals surface area contributed by atoms with Crippen molar-refractivity contribution in [2.45, 2.75) is 6.92 Å². The number of hydrogen-bond acceptors (Lipinski definition) is 5. The summed E-state index contributed by atoms with van der Waals surface area (Å²) in [5.41, 5.74) is 5.02. The zero-order valence-corrected chi connectivity index (χ0v) is 20.9. The van der Waals surface area contributed by atoms with Gasteiger partial charge in [-0.15, -0.1) is 0 Å². The standard InChI is InChI=1S/C24H23BrN4O4S/c1-17(19-11-8-12-20(15-19)26-24(31)18-9-4-3-5-10-18)27-28-23(30)16-29(34(2,32)33)22-14-7-6-13-21(22)25/h3-15H,16H2,1-2H3,(H,26,31)(H,28,30)/b27-17+. The zero-order valence-electron chi connectivity index (χ0n) is 18.5. The average molecular weight is 543 g/mol. The molecule has 0 aromatic heterocycles. The molecule has 2 amide bonds. The van der Waals surface area contributed by atoms with Crippen LogP contribution in [0.2, 0.25) is 0 Å². The van der Waals surface area contributed by atoms with E-state index in [1.807, 2.05) is 6.07 Å². The van der Waals surface area contributed by atoms with Crippen LogP contribution in [-0.4, -0.2) is 38.7 Å². The molecular weight excluding hydrogens is 520 g/mol. The third kappa shape index (κ3) is 6.75. The van der Waals surface area contributed by atoms with Crippen molar-refractivity contribution in [2.75, 3.05) is 22.4 Å². The van der Waals surface area contributed by atoms with Gasteiger partial charge >= 0.3 is 0 Å². The van der Waals surface area contributed by atoms with Gasteiger partial charge in [0.2, 0.25) is 10.0 Å². The smallest absolute Gasteiger partial charge is 0.260 e. The molecule has 0 saturated carbocycles. The molecular formula is C24H23BrN4O4S. The van der Waals surface area contributed by atoms with E-state index in [0.717, 1.165) is 10.6 Å². The van der Waals surface area contributed by atoms with Gasteiger partial charge in [-0.1, -0.05) is 42.5 Å². The second-order valence-electron chi connectivity index (χ2n) is 7.35. The molecule has 0 aliphatic carbocycles. The Labute approximate surface area is 206 Å². The fraction of sp³-hybridized carbons (Fsp3) is 0.125. The lowest BCUT2D eigenvalue weighted by Gasteiger charge is -2.22. The largest absolute Gasteiger partial charge is 0.322 e. The number of rotatable bonds is 8. The van der Waals surface area contributed by atoms with Crippen molar-refractivity contribution in [3.8, 4) is 0 Å². The van der Waals surface area contributed by atoms with E-state index in [1.165, 1.54) is 0 Å². The normalized spacial score (nSPS) is 11.6. The number of amides is 2. The maximum absolute atomic E-state index is 12.5. The molecule has 0 heterocycles. The van der Waals surface area contributed by atoms with Crippen molar-refractivity contribution in [1.29, 1.82) is 0 Å². The van der Waals surface area contributed by atoms with E-state index < -0.39 is 22.5 Å². The second-order valence-corrected chi connectivity index (χ2v) is 10.1. The summed E-state index contributed by atoms with van der Waals surface area (Å²) in [4.78, 5) is 24.9. The van der Waals surface area contributed by atoms with E-state index in [1.54, 1.807) is 79.7 Å². The van der Waals surface area contributed by atoms with Gasteiger partial charge in [0.15, 0.2) is 0 Å². The minimum atomic E-state index is -3.71. The Morgan fingerprint density at radius 3 is 2.26 bits per heavy atom. The minimum absolute atomic E-state index is 0.242. The molecule has 0 fully saturated rings. The molecule has 8 nitrogen and oxygen atoms in total. The van der Waals surface area contributed by atoms with Crippen LogP contribution in [0.3, 0.4) is 0 Å². The van der Waals surface area contributed by atoms with Gasteiger partial charge in [0.05, 0.1) is 17.7 Å². The quantitative estimate of drug-likeness (QED) is 0.331. The first-order valence-corrected chi connectivity index (χ1v) is 12.8. The highest BCUT2D eigenvalue weighted by Crippen LogP contribution is 2.27. The number of benzene rings is 3. The molecule has 176 valence electrons. The first-order valence-electron chi connectivity index (χ1n) is 10.2. The van der Waals surface area contributed by atoms with E-state index in [9.17, 15) is 18.0 Å². The Bertz CT molecular complexity index is 1330. The molecule has 0 unspecified atom stereocenters. The van der Waals surface area contributed by atoms with Gasteiger partial charge in [-0.05, 0) is 64.8 Å². The van der Waals surface area contributed by atoms with Crippen LogP contribution in [0, 0.1) is 0 Å². The average Bonchev–Trinajstić information content (AvgIpc) is 2.81. The van der Waals surface area contributed by atoms with Crippen molar-refractivity contribution in [3.63, 3.8) is 0 Å². The summed E-state index contributed by atoms with van der Waals surface area (Å²) in [5.74, 6) is -0.845. The van der Waals surface area contributed by atoms with Gasteiger partial charge in [0.25, 0.3) is 11.8 Å². The molecule has 0 aliphatic rings. The van der Waals surface area contributed by atoms with Crippen LogP contribution in [-0.2, 0) is 14.8 Å². The first-order chi connectivity index (χ1) is 16.1. The third-order valence-corrected chi connectivity index (χ3v) is 6.53. The van der Waals surface area contributed by atoms with Crippen molar-refractivity contribution >= 4 is 54.9 Å². The number of carbonyl (C=O) groups excluding carboxylic acids is 2. The fourth-order valence-corrected chi connectivity index (χ4v) is 4.51. The summed E-state index contributed by atoms with van der Waals surface area (Å²) in [6.45, 7) is 1.26. The van der Waals surface area contributed by atoms with E-state index in [2.05, 4.69) is 31.8 Å². The Morgan fingerprint density at radius 1 is 0.941 bits per heavy atom. The van der Waals surface area contributed by atoms with E-state index >= 15 is 0 Å². The van der Waals surface area contributed by atoms with Gasteiger partial charge in [-0.3, -0.25) is 13.9 Å². The maximum atomic E-state index is 12.5. The topological polar surface area (TPSA) is 108 Å². The summed E-state index contributed by atoms with van der Waals surface area (Å²) in [7, 11) is -3.71. The highest BCUT2D eigenvalue weighted by atomic mass is 79.9. The number of carbonyl (C=O) groups is 2. The molecule has 0 aliphatic heterocycles. The van der Waals surface area contributed by atoms with Crippen molar-refractivity contribution < 1.29 is 18.0 Å². The summed E-state index contributed by atoms with van der Waals surface area (Å²) in [6, 6.07) is 22.6. The number of anilines is 2. The number of para-hydroxylation sites is 1.